The van der Waals surface area contributed by atoms with Crippen LogP contribution in [0.15, 0.2) is 0 Å². The van der Waals surface area contributed by atoms with Crippen LogP contribution in [0, 0.1) is 0 Å². The summed E-state index contributed by atoms with van der Waals surface area (Å²) in [5.41, 5.74) is 5.69. The average molecular weight is 241 g/mol. The molecule has 0 aliphatic carbocycles. The Labute approximate surface area is 101 Å². The van der Waals surface area contributed by atoms with Gasteiger partial charge in [0.05, 0.1) is 25.8 Å². The van der Waals surface area contributed by atoms with Crippen LogP contribution in [0.5, 0.6) is 0 Å². The molecule has 0 bridgehead atoms. The molecule has 0 unspecified atom stereocenters. The molecule has 6 nitrogen and oxygen atoms in total. The molecule has 0 radical (unpaired) electrons. The Balaban J connectivity index is 1.86. The van der Waals surface area contributed by atoms with Gasteiger partial charge in [-0.15, -0.1) is 0 Å². The number of morpholine rings is 1. The van der Waals surface area contributed by atoms with E-state index >= 15 is 0 Å². The van der Waals surface area contributed by atoms with Crippen molar-refractivity contribution in [3.05, 3.63) is 0 Å². The minimum absolute atomic E-state index is 0.00394. The van der Waals surface area contributed by atoms with E-state index in [2.05, 4.69) is 0 Å². The number of hydrogen-bond acceptors (Lipinski definition) is 4. The molecule has 96 valence electrons. The Morgan fingerprint density at radius 1 is 1.35 bits per heavy atom. The first-order chi connectivity index (χ1) is 8.18. The second-order valence-corrected chi connectivity index (χ2v) is 4.50. The van der Waals surface area contributed by atoms with Crippen LogP contribution < -0.4 is 5.73 Å². The molecule has 2 fully saturated rings. The molecule has 2 rings (SSSR count). The lowest BCUT2D eigenvalue weighted by Gasteiger charge is -2.33. The van der Waals surface area contributed by atoms with E-state index < -0.39 is 6.04 Å². The van der Waals surface area contributed by atoms with Crippen molar-refractivity contribution >= 4 is 11.8 Å². The van der Waals surface area contributed by atoms with Crippen LogP contribution in [0.3, 0.4) is 0 Å². The van der Waals surface area contributed by atoms with Crippen LogP contribution in [0.25, 0.3) is 0 Å². The van der Waals surface area contributed by atoms with Crippen LogP contribution in [0.4, 0.5) is 0 Å². The molecule has 17 heavy (non-hydrogen) atoms. The van der Waals surface area contributed by atoms with Crippen LogP contribution in [-0.4, -0.2) is 67.0 Å². The third-order valence-electron chi connectivity index (χ3n) is 3.26. The Morgan fingerprint density at radius 2 is 2.06 bits per heavy atom. The lowest BCUT2D eigenvalue weighted by atomic mass is 10.1. The molecule has 2 aliphatic rings. The zero-order valence-corrected chi connectivity index (χ0v) is 9.93. The predicted molar refractivity (Wildman–Crippen MR) is 61.2 cm³/mol. The summed E-state index contributed by atoms with van der Waals surface area (Å²) in [4.78, 5) is 27.0. The number of amides is 2. The molecular formula is C11H19N3O3. The first kappa shape index (κ1) is 12.3. The highest BCUT2D eigenvalue weighted by Crippen LogP contribution is 2.10. The van der Waals surface area contributed by atoms with Crippen molar-refractivity contribution in [2.45, 2.75) is 18.9 Å². The Kier molecular flexibility index (Phi) is 3.96. The summed E-state index contributed by atoms with van der Waals surface area (Å²) in [6.07, 6.45) is 1.60. The third-order valence-corrected chi connectivity index (χ3v) is 3.26. The number of rotatable bonds is 2. The van der Waals surface area contributed by atoms with Gasteiger partial charge in [0.15, 0.2) is 0 Å². The molecule has 1 atom stereocenters. The summed E-state index contributed by atoms with van der Waals surface area (Å²) < 4.78 is 5.18. The summed E-state index contributed by atoms with van der Waals surface area (Å²) in [5, 5.41) is 0. The van der Waals surface area contributed by atoms with Gasteiger partial charge in [-0.25, -0.2) is 0 Å². The van der Waals surface area contributed by atoms with Gasteiger partial charge in [-0.05, 0) is 12.8 Å². The molecule has 0 spiro atoms. The van der Waals surface area contributed by atoms with Gasteiger partial charge in [-0.1, -0.05) is 0 Å². The van der Waals surface area contributed by atoms with E-state index in [1.54, 1.807) is 9.80 Å². The lowest BCUT2D eigenvalue weighted by molar-refractivity contribution is -0.144. The van der Waals surface area contributed by atoms with Crippen LogP contribution in [0.1, 0.15) is 12.8 Å². The number of carbonyl (C=O) groups is 2. The summed E-state index contributed by atoms with van der Waals surface area (Å²) >= 11 is 0. The lowest BCUT2D eigenvalue weighted by Crippen LogP contribution is -2.53. The average Bonchev–Trinajstić information content (AvgIpc) is 2.36. The number of nitrogens with zero attached hydrogens (tertiary/aromatic N) is 2. The minimum Gasteiger partial charge on any atom is -0.378 e. The van der Waals surface area contributed by atoms with Crippen molar-refractivity contribution in [2.24, 2.45) is 5.73 Å². The molecule has 0 aromatic rings. The maximum absolute atomic E-state index is 12.0. The summed E-state index contributed by atoms with van der Waals surface area (Å²) in [5.74, 6) is -0.103. The fourth-order valence-corrected chi connectivity index (χ4v) is 2.20. The standard InChI is InChI=1S/C11H19N3O3/c12-9-2-1-3-14(11(9)16)8-10(15)13-4-6-17-7-5-13/h9H,1-8,12H2/t9-/m0/s1. The second kappa shape index (κ2) is 5.46. The molecule has 0 saturated carbocycles. The van der Waals surface area contributed by atoms with E-state index in [1.165, 1.54) is 0 Å². The molecule has 2 heterocycles. The van der Waals surface area contributed by atoms with Crippen molar-refractivity contribution in [1.82, 2.24) is 9.80 Å². The molecule has 2 aliphatic heterocycles. The van der Waals surface area contributed by atoms with Gasteiger partial charge in [-0.3, -0.25) is 9.59 Å². The summed E-state index contributed by atoms with van der Waals surface area (Å²) in [7, 11) is 0. The molecular weight excluding hydrogens is 222 g/mol. The summed E-state index contributed by atoms with van der Waals surface area (Å²) in [6.45, 7) is 3.20. The Morgan fingerprint density at radius 3 is 2.76 bits per heavy atom. The largest absolute Gasteiger partial charge is 0.378 e. The highest BCUT2D eigenvalue weighted by atomic mass is 16.5. The van der Waals surface area contributed by atoms with Crippen molar-refractivity contribution in [1.29, 1.82) is 0 Å². The fourth-order valence-electron chi connectivity index (χ4n) is 2.20. The summed E-state index contributed by atoms with van der Waals surface area (Å²) in [6, 6.07) is -0.429. The zero-order chi connectivity index (χ0) is 12.3. The number of carbonyl (C=O) groups excluding carboxylic acids is 2. The smallest absolute Gasteiger partial charge is 0.242 e. The van der Waals surface area contributed by atoms with Crippen LogP contribution >= 0.6 is 0 Å². The SMILES string of the molecule is N[C@H]1CCCN(CC(=O)N2CCOCC2)C1=O. The second-order valence-electron chi connectivity index (χ2n) is 4.50. The maximum atomic E-state index is 12.0. The van der Waals surface area contributed by atoms with Crippen molar-refractivity contribution in [2.75, 3.05) is 39.4 Å². The Hall–Kier alpha value is -1.14. The van der Waals surface area contributed by atoms with Gasteiger partial charge >= 0.3 is 0 Å². The van der Waals surface area contributed by atoms with Gasteiger partial charge in [0.1, 0.15) is 0 Å². The van der Waals surface area contributed by atoms with E-state index in [-0.39, 0.29) is 18.4 Å². The number of nitrogens with two attached hydrogens (primary N) is 1. The van der Waals surface area contributed by atoms with Crippen LogP contribution in [0.2, 0.25) is 0 Å². The van der Waals surface area contributed by atoms with Gasteiger partial charge in [-0.2, -0.15) is 0 Å². The molecule has 6 heteroatoms. The third kappa shape index (κ3) is 2.95. The predicted octanol–water partition coefficient (Wildman–Crippen LogP) is -1.21. The quantitative estimate of drug-likeness (QED) is 0.658. The highest BCUT2D eigenvalue weighted by Gasteiger charge is 2.28. The molecule has 2 N–H and O–H groups in total. The first-order valence-corrected chi connectivity index (χ1v) is 6.08. The molecule has 2 amide bonds. The van der Waals surface area contributed by atoms with Crippen molar-refractivity contribution < 1.29 is 14.3 Å². The first-order valence-electron chi connectivity index (χ1n) is 6.08. The number of hydrogen-bond donors (Lipinski definition) is 1. The van der Waals surface area contributed by atoms with E-state index in [9.17, 15) is 9.59 Å². The molecule has 0 aromatic heterocycles. The maximum Gasteiger partial charge on any atom is 0.242 e. The van der Waals surface area contributed by atoms with Gasteiger partial charge in [0, 0.05) is 19.6 Å². The monoisotopic (exact) mass is 241 g/mol. The fraction of sp³-hybridized carbons (Fsp3) is 0.818. The number of likely N-dealkylation sites (tertiary alicyclic amines) is 1. The van der Waals surface area contributed by atoms with E-state index in [0.29, 0.717) is 32.8 Å². The highest BCUT2D eigenvalue weighted by molar-refractivity contribution is 5.88. The number of piperidine rings is 1. The Bertz CT molecular complexity index is 302. The van der Waals surface area contributed by atoms with Crippen LogP contribution in [-0.2, 0) is 14.3 Å². The van der Waals surface area contributed by atoms with Crippen molar-refractivity contribution in [3.63, 3.8) is 0 Å². The van der Waals surface area contributed by atoms with Gasteiger partial charge < -0.3 is 20.3 Å². The van der Waals surface area contributed by atoms with Crippen molar-refractivity contribution in [3.8, 4) is 0 Å². The normalized spacial score (nSPS) is 26.2. The van der Waals surface area contributed by atoms with E-state index in [1.807, 2.05) is 0 Å². The minimum atomic E-state index is -0.429. The topological polar surface area (TPSA) is 75.9 Å². The van der Waals surface area contributed by atoms with E-state index in [4.69, 9.17) is 10.5 Å². The molecule has 2 saturated heterocycles. The van der Waals surface area contributed by atoms with Gasteiger partial charge in [0.2, 0.25) is 11.8 Å². The van der Waals surface area contributed by atoms with Gasteiger partial charge in [0.25, 0.3) is 0 Å². The van der Waals surface area contributed by atoms with E-state index in [0.717, 1.165) is 12.8 Å². The zero-order valence-electron chi connectivity index (χ0n) is 9.93. The number of ether oxygens (including phenoxy) is 1. The molecule has 0 aromatic carbocycles.